The maximum absolute atomic E-state index is 3.23. The van der Waals surface area contributed by atoms with E-state index in [-0.39, 0.29) is 0 Å². The summed E-state index contributed by atoms with van der Waals surface area (Å²) in [5.74, 6) is 5.92. The summed E-state index contributed by atoms with van der Waals surface area (Å²) in [6.07, 6.45) is 0. The predicted octanol–water partition coefficient (Wildman–Crippen LogP) is 2.49. The highest BCUT2D eigenvalue weighted by molar-refractivity contribution is 9.09. The van der Waals surface area contributed by atoms with Crippen LogP contribution in [-0.4, -0.2) is 5.33 Å². The van der Waals surface area contributed by atoms with Gasteiger partial charge in [0, 0.05) is 0 Å². The maximum atomic E-state index is 3.23. The van der Waals surface area contributed by atoms with Gasteiger partial charge in [-0.1, -0.05) is 33.8 Å². The van der Waals surface area contributed by atoms with Crippen LogP contribution in [-0.2, 0) is 0 Å². The van der Waals surface area contributed by atoms with Crippen molar-refractivity contribution < 1.29 is 0 Å². The van der Waals surface area contributed by atoms with Crippen molar-refractivity contribution in [1.29, 1.82) is 0 Å². The van der Waals surface area contributed by atoms with Crippen LogP contribution in [0.4, 0.5) is 0 Å². The first-order chi connectivity index (χ1) is 4.43. The molecule has 2 heteroatoms. The Bertz CT molecular complexity index is 215. The van der Waals surface area contributed by atoms with Gasteiger partial charge in [-0.2, -0.15) is 0 Å². The fraction of sp³-hybridized carbons (Fsp3) is 0.143. The third kappa shape index (κ3) is 2.21. The van der Waals surface area contributed by atoms with Crippen molar-refractivity contribution in [3.05, 3.63) is 22.4 Å². The summed E-state index contributed by atoms with van der Waals surface area (Å²) in [4.78, 5) is 1.13. The highest BCUT2D eigenvalue weighted by atomic mass is 79.9. The summed E-state index contributed by atoms with van der Waals surface area (Å²) >= 11 is 4.89. The van der Waals surface area contributed by atoms with Crippen molar-refractivity contribution in [2.24, 2.45) is 0 Å². The molecule has 1 aromatic rings. The van der Waals surface area contributed by atoms with E-state index >= 15 is 0 Å². The average Bonchev–Trinajstić information content (AvgIpc) is 2.34. The zero-order chi connectivity index (χ0) is 6.53. The molecule has 0 saturated carbocycles. The minimum Gasteiger partial charge on any atom is -0.135 e. The van der Waals surface area contributed by atoms with Crippen LogP contribution in [0, 0.1) is 11.8 Å². The zero-order valence-corrected chi connectivity index (χ0v) is 7.13. The van der Waals surface area contributed by atoms with Crippen LogP contribution in [0.25, 0.3) is 0 Å². The molecule has 0 aromatic carbocycles. The molecule has 0 amide bonds. The first-order valence-corrected chi connectivity index (χ1v) is 4.52. The van der Waals surface area contributed by atoms with Gasteiger partial charge < -0.3 is 0 Å². The van der Waals surface area contributed by atoms with Crippen LogP contribution < -0.4 is 0 Å². The Labute approximate surface area is 67.0 Å². The Kier molecular flexibility index (Phi) is 2.82. The van der Waals surface area contributed by atoms with Crippen molar-refractivity contribution in [3.63, 3.8) is 0 Å². The van der Waals surface area contributed by atoms with Crippen LogP contribution in [0.3, 0.4) is 0 Å². The Morgan fingerprint density at radius 3 is 3.11 bits per heavy atom. The predicted molar refractivity (Wildman–Crippen MR) is 45.0 cm³/mol. The van der Waals surface area contributed by atoms with Crippen molar-refractivity contribution in [1.82, 2.24) is 0 Å². The van der Waals surface area contributed by atoms with E-state index in [9.17, 15) is 0 Å². The van der Waals surface area contributed by atoms with Gasteiger partial charge in [-0.25, -0.2) is 0 Å². The third-order valence-electron chi connectivity index (χ3n) is 0.800. The molecule has 0 aliphatic carbocycles. The molecule has 1 aromatic heterocycles. The molecule has 1 heterocycles. The molecule has 0 saturated heterocycles. The van der Waals surface area contributed by atoms with Crippen LogP contribution in [0.2, 0.25) is 0 Å². The average molecular weight is 201 g/mol. The third-order valence-corrected chi connectivity index (χ3v) is 1.87. The Morgan fingerprint density at radius 1 is 1.67 bits per heavy atom. The van der Waals surface area contributed by atoms with E-state index in [1.165, 1.54) is 0 Å². The largest absolute Gasteiger partial charge is 0.135 e. The van der Waals surface area contributed by atoms with E-state index in [0.717, 1.165) is 10.2 Å². The summed E-state index contributed by atoms with van der Waals surface area (Å²) in [6, 6.07) is 4.02. The molecule has 9 heavy (non-hydrogen) atoms. The molecule has 0 fully saturated rings. The topological polar surface area (TPSA) is 0 Å². The molecule has 0 bridgehead atoms. The summed E-state index contributed by atoms with van der Waals surface area (Å²) < 4.78 is 0. The molecule has 0 radical (unpaired) electrons. The normalized spacial score (nSPS) is 8.11. The summed E-state index contributed by atoms with van der Waals surface area (Å²) in [5.41, 5.74) is 0. The monoisotopic (exact) mass is 200 g/mol. The lowest BCUT2D eigenvalue weighted by atomic mass is 10.5. The quantitative estimate of drug-likeness (QED) is 0.446. The number of alkyl halides is 1. The van der Waals surface area contributed by atoms with Gasteiger partial charge in [-0.05, 0) is 11.4 Å². The lowest BCUT2D eigenvalue weighted by Crippen LogP contribution is -1.60. The van der Waals surface area contributed by atoms with Crippen molar-refractivity contribution in [2.75, 3.05) is 5.33 Å². The van der Waals surface area contributed by atoms with Gasteiger partial charge in [-0.3, -0.25) is 0 Å². The number of hydrogen-bond acceptors (Lipinski definition) is 1. The van der Waals surface area contributed by atoms with Gasteiger partial charge in [0.25, 0.3) is 0 Å². The van der Waals surface area contributed by atoms with Gasteiger partial charge in [0.05, 0.1) is 10.2 Å². The smallest absolute Gasteiger partial charge is 0.0768 e. The second-order valence-electron chi connectivity index (χ2n) is 1.41. The Morgan fingerprint density at radius 2 is 2.56 bits per heavy atom. The summed E-state index contributed by atoms with van der Waals surface area (Å²) in [7, 11) is 0. The van der Waals surface area contributed by atoms with Gasteiger partial charge in [0.1, 0.15) is 0 Å². The molecule has 0 spiro atoms. The van der Waals surface area contributed by atoms with Gasteiger partial charge in [0.15, 0.2) is 0 Å². The maximum Gasteiger partial charge on any atom is 0.0768 e. The van der Waals surface area contributed by atoms with E-state index in [2.05, 4.69) is 27.8 Å². The molecular weight excluding hydrogens is 196 g/mol. The van der Waals surface area contributed by atoms with Crippen molar-refractivity contribution in [3.8, 4) is 11.8 Å². The van der Waals surface area contributed by atoms with Gasteiger partial charge in [0.2, 0.25) is 0 Å². The highest BCUT2D eigenvalue weighted by Crippen LogP contribution is 2.05. The number of hydrogen-bond donors (Lipinski definition) is 0. The summed E-state index contributed by atoms with van der Waals surface area (Å²) in [6.45, 7) is 0. The van der Waals surface area contributed by atoms with E-state index < -0.39 is 0 Å². The fourth-order valence-corrected chi connectivity index (χ4v) is 1.20. The SMILES string of the molecule is BrCC#Cc1cccs1. The number of thiophene rings is 1. The molecule has 0 unspecified atom stereocenters. The van der Waals surface area contributed by atoms with E-state index in [0.29, 0.717) is 0 Å². The van der Waals surface area contributed by atoms with E-state index in [1.54, 1.807) is 11.3 Å². The van der Waals surface area contributed by atoms with E-state index in [4.69, 9.17) is 0 Å². The molecule has 0 aliphatic heterocycles. The molecule has 0 aliphatic rings. The minimum absolute atomic E-state index is 0.755. The van der Waals surface area contributed by atoms with Crippen LogP contribution in [0.5, 0.6) is 0 Å². The molecule has 0 nitrogen and oxygen atoms in total. The fourth-order valence-electron chi connectivity index (χ4n) is 0.470. The number of halogens is 1. The summed E-state index contributed by atoms with van der Waals surface area (Å²) in [5, 5.41) is 2.78. The molecule has 1 rings (SSSR count). The minimum atomic E-state index is 0.755. The van der Waals surface area contributed by atoms with Crippen LogP contribution in [0.1, 0.15) is 4.88 Å². The first kappa shape index (κ1) is 6.85. The molecular formula is C7H5BrS. The molecule has 46 valence electrons. The van der Waals surface area contributed by atoms with Crippen LogP contribution >= 0.6 is 27.3 Å². The molecule has 0 atom stereocenters. The van der Waals surface area contributed by atoms with Gasteiger partial charge >= 0.3 is 0 Å². The molecule has 0 N–H and O–H groups in total. The second kappa shape index (κ2) is 3.71. The van der Waals surface area contributed by atoms with Gasteiger partial charge in [-0.15, -0.1) is 11.3 Å². The Hall–Kier alpha value is -0.260. The highest BCUT2D eigenvalue weighted by Gasteiger charge is 1.81. The number of rotatable bonds is 0. The Balaban J connectivity index is 2.67. The zero-order valence-electron chi connectivity index (χ0n) is 4.73. The van der Waals surface area contributed by atoms with E-state index in [1.807, 2.05) is 17.5 Å². The van der Waals surface area contributed by atoms with Crippen LogP contribution in [0.15, 0.2) is 17.5 Å². The van der Waals surface area contributed by atoms with Crippen molar-refractivity contribution in [2.45, 2.75) is 0 Å². The van der Waals surface area contributed by atoms with Crippen molar-refractivity contribution >= 4 is 27.3 Å². The lowest BCUT2D eigenvalue weighted by Gasteiger charge is -1.71. The standard InChI is InChI=1S/C7H5BrS/c8-5-1-3-7-4-2-6-9-7/h2,4,6H,5H2. The first-order valence-electron chi connectivity index (χ1n) is 2.52. The lowest BCUT2D eigenvalue weighted by molar-refractivity contribution is 1.90. The second-order valence-corrected chi connectivity index (χ2v) is 2.92.